The Balaban J connectivity index is 1.83. The first-order chi connectivity index (χ1) is 12.2. The monoisotopic (exact) mass is 342 g/mol. The minimum absolute atomic E-state index is 0.0686. The Bertz CT molecular complexity index is 797. The number of oxime groups is 1. The minimum atomic E-state index is 0.0686. The summed E-state index contributed by atoms with van der Waals surface area (Å²) in [5.74, 6) is 1.53. The van der Waals surface area contributed by atoms with Crippen molar-refractivity contribution in [2.75, 3.05) is 20.8 Å². The highest BCUT2D eigenvalue weighted by atomic mass is 16.5. The summed E-state index contributed by atoms with van der Waals surface area (Å²) >= 11 is 0. The molecule has 4 rings (SSSR count). The van der Waals surface area contributed by atoms with Crippen LogP contribution in [0, 0.1) is 0 Å². The molecule has 0 saturated heterocycles. The predicted molar refractivity (Wildman–Crippen MR) is 92.4 cm³/mol. The Morgan fingerprint density at radius 2 is 1.92 bits per heavy atom. The molecule has 6 heteroatoms. The molecule has 3 aliphatic rings. The molecular formula is C19H22N2O4. The highest BCUT2D eigenvalue weighted by Gasteiger charge is 2.40. The second-order valence-corrected chi connectivity index (χ2v) is 6.71. The molecular weight excluding hydrogens is 320 g/mol. The van der Waals surface area contributed by atoms with Crippen molar-refractivity contribution in [3.05, 3.63) is 34.5 Å². The van der Waals surface area contributed by atoms with E-state index in [1.54, 1.807) is 14.2 Å². The first kappa shape index (κ1) is 16.0. The average Bonchev–Trinajstić information content (AvgIpc) is 2.65. The van der Waals surface area contributed by atoms with Crippen molar-refractivity contribution < 1.29 is 19.5 Å². The van der Waals surface area contributed by atoms with Gasteiger partial charge in [-0.15, -0.1) is 0 Å². The van der Waals surface area contributed by atoms with Gasteiger partial charge in [0, 0.05) is 25.1 Å². The molecule has 0 aromatic heterocycles. The first-order valence-corrected chi connectivity index (χ1v) is 8.67. The number of ketones is 1. The average molecular weight is 342 g/mol. The van der Waals surface area contributed by atoms with Crippen LogP contribution in [0.2, 0.25) is 0 Å². The van der Waals surface area contributed by atoms with Crippen LogP contribution in [0.5, 0.6) is 11.5 Å². The normalized spacial score (nSPS) is 23.9. The van der Waals surface area contributed by atoms with Crippen molar-refractivity contribution in [3.8, 4) is 11.5 Å². The fourth-order valence-corrected chi connectivity index (χ4v) is 4.39. The van der Waals surface area contributed by atoms with Crippen LogP contribution in [0.25, 0.3) is 0 Å². The largest absolute Gasteiger partial charge is 0.493 e. The SMILES string of the molecule is COc1cc2c(cc1OC)C1CC(=NO)C3=C(CCCC3=O)N1CC2. The van der Waals surface area contributed by atoms with Gasteiger partial charge in [-0.2, -0.15) is 0 Å². The lowest BCUT2D eigenvalue weighted by Crippen LogP contribution is -2.43. The third-order valence-corrected chi connectivity index (χ3v) is 5.53. The summed E-state index contributed by atoms with van der Waals surface area (Å²) in [4.78, 5) is 14.7. The highest BCUT2D eigenvalue weighted by molar-refractivity contribution is 6.23. The third kappa shape index (κ3) is 2.39. The van der Waals surface area contributed by atoms with Gasteiger partial charge in [0.25, 0.3) is 0 Å². The number of methoxy groups -OCH3 is 2. The molecule has 0 bridgehead atoms. The van der Waals surface area contributed by atoms with Crippen LogP contribution in [-0.2, 0) is 11.2 Å². The number of Topliss-reactive ketones (excluding diaryl/α,β-unsaturated/α-hetero) is 1. The zero-order valence-electron chi connectivity index (χ0n) is 14.5. The molecule has 1 aromatic carbocycles. The maximum Gasteiger partial charge on any atom is 0.166 e. The Kier molecular flexibility index (Phi) is 3.90. The van der Waals surface area contributed by atoms with E-state index in [2.05, 4.69) is 10.1 Å². The maximum atomic E-state index is 12.4. The molecule has 1 aromatic rings. The van der Waals surface area contributed by atoms with E-state index in [0.29, 0.717) is 29.9 Å². The van der Waals surface area contributed by atoms with E-state index in [1.165, 1.54) is 5.56 Å². The summed E-state index contributed by atoms with van der Waals surface area (Å²) in [7, 11) is 3.27. The molecule has 6 nitrogen and oxygen atoms in total. The molecule has 1 unspecified atom stereocenters. The number of benzene rings is 1. The standard InChI is InChI=1S/C19H22N2O4/c1-24-17-8-11-6-7-21-14-4-3-5-16(22)19(14)13(20-23)10-15(21)12(11)9-18(17)25-2/h8-9,15,23H,3-7,10H2,1-2H3. The summed E-state index contributed by atoms with van der Waals surface area (Å²) in [5.41, 5.74) is 4.59. The predicted octanol–water partition coefficient (Wildman–Crippen LogP) is 2.84. The number of allylic oxidation sites excluding steroid dienone is 2. The van der Waals surface area contributed by atoms with Crippen LogP contribution in [0.4, 0.5) is 0 Å². The number of carbonyl (C=O) groups is 1. The molecule has 1 N–H and O–H groups in total. The Morgan fingerprint density at radius 3 is 2.64 bits per heavy atom. The zero-order chi connectivity index (χ0) is 17.6. The summed E-state index contributed by atoms with van der Waals surface area (Å²) in [5, 5.41) is 13.0. The lowest BCUT2D eigenvalue weighted by atomic mass is 9.79. The van der Waals surface area contributed by atoms with Gasteiger partial charge in [-0.1, -0.05) is 5.16 Å². The fraction of sp³-hybridized carbons (Fsp3) is 0.474. The van der Waals surface area contributed by atoms with Crippen LogP contribution < -0.4 is 9.47 Å². The second-order valence-electron chi connectivity index (χ2n) is 6.71. The fourth-order valence-electron chi connectivity index (χ4n) is 4.39. The first-order valence-electron chi connectivity index (χ1n) is 8.67. The lowest BCUT2D eigenvalue weighted by Gasteiger charge is -2.45. The summed E-state index contributed by atoms with van der Waals surface area (Å²) in [6.45, 7) is 0.859. The van der Waals surface area contributed by atoms with Crippen LogP contribution >= 0.6 is 0 Å². The van der Waals surface area contributed by atoms with E-state index in [1.807, 2.05) is 12.1 Å². The Morgan fingerprint density at radius 1 is 1.16 bits per heavy atom. The molecule has 0 spiro atoms. The number of hydrogen-bond donors (Lipinski definition) is 1. The molecule has 0 saturated carbocycles. The van der Waals surface area contributed by atoms with Gasteiger partial charge >= 0.3 is 0 Å². The van der Waals surface area contributed by atoms with Crippen molar-refractivity contribution in [1.82, 2.24) is 4.90 Å². The summed E-state index contributed by atoms with van der Waals surface area (Å²) in [6.07, 6.45) is 3.68. The zero-order valence-corrected chi connectivity index (χ0v) is 14.5. The number of fused-ring (bicyclic) bond motifs is 4. The molecule has 25 heavy (non-hydrogen) atoms. The van der Waals surface area contributed by atoms with Gasteiger partial charge < -0.3 is 19.6 Å². The maximum absolute atomic E-state index is 12.4. The summed E-state index contributed by atoms with van der Waals surface area (Å²) < 4.78 is 10.9. The van der Waals surface area contributed by atoms with E-state index in [9.17, 15) is 10.0 Å². The van der Waals surface area contributed by atoms with Gasteiger partial charge in [0.05, 0.1) is 31.5 Å². The van der Waals surface area contributed by atoms with Gasteiger partial charge in [0.2, 0.25) is 0 Å². The molecule has 2 aliphatic heterocycles. The number of carbonyl (C=O) groups excluding carboxylic acids is 1. The van der Waals surface area contributed by atoms with E-state index in [0.717, 1.165) is 42.8 Å². The van der Waals surface area contributed by atoms with Crippen LogP contribution in [-0.4, -0.2) is 42.4 Å². The van der Waals surface area contributed by atoms with Gasteiger partial charge in [-0.25, -0.2) is 0 Å². The lowest BCUT2D eigenvalue weighted by molar-refractivity contribution is -0.115. The topological polar surface area (TPSA) is 71.4 Å². The number of hydrogen-bond acceptors (Lipinski definition) is 6. The molecule has 2 heterocycles. The smallest absolute Gasteiger partial charge is 0.166 e. The van der Waals surface area contributed by atoms with Crippen molar-refractivity contribution in [2.24, 2.45) is 5.16 Å². The Hall–Kier alpha value is -2.50. The van der Waals surface area contributed by atoms with Gasteiger partial charge in [-0.05, 0) is 42.5 Å². The molecule has 1 aliphatic carbocycles. The van der Waals surface area contributed by atoms with Crippen molar-refractivity contribution in [3.63, 3.8) is 0 Å². The van der Waals surface area contributed by atoms with Gasteiger partial charge in [0.1, 0.15) is 0 Å². The van der Waals surface area contributed by atoms with E-state index in [4.69, 9.17) is 9.47 Å². The highest BCUT2D eigenvalue weighted by Crippen LogP contribution is 2.46. The molecule has 0 amide bonds. The Labute approximate surface area is 146 Å². The van der Waals surface area contributed by atoms with Crippen LogP contribution in [0.1, 0.15) is 42.9 Å². The van der Waals surface area contributed by atoms with Gasteiger partial charge in [0.15, 0.2) is 17.3 Å². The van der Waals surface area contributed by atoms with E-state index >= 15 is 0 Å². The van der Waals surface area contributed by atoms with E-state index < -0.39 is 0 Å². The second kappa shape index (κ2) is 6.10. The minimum Gasteiger partial charge on any atom is -0.493 e. The summed E-state index contributed by atoms with van der Waals surface area (Å²) in [6, 6.07) is 4.13. The molecule has 0 radical (unpaired) electrons. The van der Waals surface area contributed by atoms with Crippen molar-refractivity contribution in [1.29, 1.82) is 0 Å². The quantitative estimate of drug-likeness (QED) is 0.661. The van der Waals surface area contributed by atoms with Crippen molar-refractivity contribution >= 4 is 11.5 Å². The molecule has 132 valence electrons. The number of ether oxygens (including phenoxy) is 2. The molecule has 1 atom stereocenters. The van der Waals surface area contributed by atoms with Crippen molar-refractivity contribution in [2.45, 2.75) is 38.1 Å². The molecule has 0 fully saturated rings. The van der Waals surface area contributed by atoms with Crippen LogP contribution in [0.3, 0.4) is 0 Å². The van der Waals surface area contributed by atoms with Gasteiger partial charge in [-0.3, -0.25) is 4.79 Å². The third-order valence-electron chi connectivity index (χ3n) is 5.53. The van der Waals surface area contributed by atoms with E-state index in [-0.39, 0.29) is 11.8 Å². The number of nitrogens with zero attached hydrogens (tertiary/aromatic N) is 2. The van der Waals surface area contributed by atoms with Crippen LogP contribution in [0.15, 0.2) is 28.6 Å². The number of rotatable bonds is 2.